The molecule has 1 saturated carbocycles. The zero-order chi connectivity index (χ0) is 15.2. The van der Waals surface area contributed by atoms with Gasteiger partial charge in [0.05, 0.1) is 5.02 Å². The van der Waals surface area contributed by atoms with Gasteiger partial charge < -0.3 is 0 Å². The third kappa shape index (κ3) is 2.83. The third-order valence-corrected chi connectivity index (χ3v) is 6.94. The molecule has 2 fully saturated rings. The summed E-state index contributed by atoms with van der Waals surface area (Å²) in [4.78, 5) is 0.0306. The van der Waals surface area contributed by atoms with Crippen LogP contribution in [0.15, 0.2) is 17.0 Å². The van der Waals surface area contributed by atoms with E-state index in [-0.39, 0.29) is 9.92 Å². The quantitative estimate of drug-likeness (QED) is 0.830. The van der Waals surface area contributed by atoms with Crippen LogP contribution < -0.4 is 0 Å². The average Bonchev–Trinajstić information content (AvgIpc) is 2.42. The predicted molar refractivity (Wildman–Crippen MR) is 80.4 cm³/mol. The number of benzene rings is 1. The number of aryl methyl sites for hydroxylation is 1. The Balaban J connectivity index is 1.95. The van der Waals surface area contributed by atoms with Crippen LogP contribution in [0.5, 0.6) is 0 Å². The highest BCUT2D eigenvalue weighted by molar-refractivity contribution is 7.89. The molecule has 1 aromatic carbocycles. The van der Waals surface area contributed by atoms with Crippen molar-refractivity contribution in [3.8, 4) is 0 Å². The molecular formula is C15H19ClFNO2S. The van der Waals surface area contributed by atoms with Crippen molar-refractivity contribution in [3.63, 3.8) is 0 Å². The number of hydrogen-bond acceptors (Lipinski definition) is 2. The first-order chi connectivity index (χ1) is 9.88. The lowest BCUT2D eigenvalue weighted by Crippen LogP contribution is -2.45. The Morgan fingerprint density at radius 2 is 1.86 bits per heavy atom. The molecule has 1 aliphatic heterocycles. The van der Waals surface area contributed by atoms with Crippen molar-refractivity contribution in [3.05, 3.63) is 28.5 Å². The van der Waals surface area contributed by atoms with Crippen LogP contribution in [-0.4, -0.2) is 25.8 Å². The van der Waals surface area contributed by atoms with Crippen LogP contribution in [0.25, 0.3) is 0 Å². The highest BCUT2D eigenvalue weighted by atomic mass is 35.5. The highest BCUT2D eigenvalue weighted by Gasteiger charge is 2.37. The highest BCUT2D eigenvalue weighted by Crippen LogP contribution is 2.37. The topological polar surface area (TPSA) is 37.4 Å². The summed E-state index contributed by atoms with van der Waals surface area (Å²) >= 11 is 5.98. The van der Waals surface area contributed by atoms with E-state index in [0.29, 0.717) is 30.5 Å². The lowest BCUT2D eigenvalue weighted by molar-refractivity contribution is 0.144. The van der Waals surface area contributed by atoms with E-state index in [1.807, 2.05) is 0 Å². The monoisotopic (exact) mass is 331 g/mol. The molecule has 6 heteroatoms. The van der Waals surface area contributed by atoms with Crippen LogP contribution >= 0.6 is 11.6 Å². The van der Waals surface area contributed by atoms with Gasteiger partial charge in [-0.05, 0) is 55.7 Å². The maximum Gasteiger partial charge on any atom is 0.244 e. The van der Waals surface area contributed by atoms with Gasteiger partial charge in [0.1, 0.15) is 10.7 Å². The van der Waals surface area contributed by atoms with Crippen LogP contribution in [0.4, 0.5) is 4.39 Å². The van der Waals surface area contributed by atoms with Gasteiger partial charge >= 0.3 is 0 Å². The Hall–Kier alpha value is -0.650. The molecule has 0 spiro atoms. The minimum absolute atomic E-state index is 0.0306. The van der Waals surface area contributed by atoms with Crippen molar-refractivity contribution in [2.75, 3.05) is 13.1 Å². The second kappa shape index (κ2) is 5.52. The molecule has 1 saturated heterocycles. The molecule has 116 valence electrons. The van der Waals surface area contributed by atoms with Crippen LogP contribution in [0.1, 0.15) is 31.2 Å². The van der Waals surface area contributed by atoms with Crippen molar-refractivity contribution >= 4 is 21.6 Å². The minimum Gasteiger partial charge on any atom is -0.207 e. The summed E-state index contributed by atoms with van der Waals surface area (Å²) in [6.07, 6.45) is 4.51. The van der Waals surface area contributed by atoms with Gasteiger partial charge in [0.2, 0.25) is 10.0 Å². The van der Waals surface area contributed by atoms with Gasteiger partial charge in [-0.25, -0.2) is 12.8 Å². The molecule has 2 atom stereocenters. The van der Waals surface area contributed by atoms with E-state index in [2.05, 4.69) is 0 Å². The van der Waals surface area contributed by atoms with Crippen molar-refractivity contribution in [1.29, 1.82) is 0 Å². The number of sulfonamides is 1. The van der Waals surface area contributed by atoms with Crippen LogP contribution in [0, 0.1) is 24.6 Å². The van der Waals surface area contributed by atoms with Gasteiger partial charge in [0, 0.05) is 13.1 Å². The van der Waals surface area contributed by atoms with Crippen molar-refractivity contribution < 1.29 is 12.8 Å². The van der Waals surface area contributed by atoms with E-state index >= 15 is 0 Å². The fraction of sp³-hybridized carbons (Fsp3) is 0.600. The molecule has 2 aliphatic rings. The minimum atomic E-state index is -3.64. The summed E-state index contributed by atoms with van der Waals surface area (Å²) in [6, 6.07) is 2.44. The van der Waals surface area contributed by atoms with E-state index < -0.39 is 15.8 Å². The number of piperidine rings is 1. The fourth-order valence-electron chi connectivity index (χ4n) is 3.55. The van der Waals surface area contributed by atoms with Crippen LogP contribution in [-0.2, 0) is 10.0 Å². The van der Waals surface area contributed by atoms with E-state index in [0.717, 1.165) is 25.3 Å². The fourth-order valence-corrected chi connectivity index (χ4v) is 5.71. The summed E-state index contributed by atoms with van der Waals surface area (Å²) in [5, 5.41) is -0.0335. The first kappa shape index (κ1) is 15.3. The van der Waals surface area contributed by atoms with Gasteiger partial charge in [0.25, 0.3) is 0 Å². The normalized spacial score (nSPS) is 26.8. The van der Waals surface area contributed by atoms with Crippen LogP contribution in [0.3, 0.4) is 0 Å². The second-order valence-corrected chi connectivity index (χ2v) is 8.57. The first-order valence-electron chi connectivity index (χ1n) is 7.33. The van der Waals surface area contributed by atoms with Gasteiger partial charge in [0.15, 0.2) is 0 Å². The van der Waals surface area contributed by atoms with Crippen LogP contribution in [0.2, 0.25) is 5.02 Å². The van der Waals surface area contributed by atoms with E-state index in [1.54, 1.807) is 11.2 Å². The third-order valence-electron chi connectivity index (χ3n) is 4.65. The lowest BCUT2D eigenvalue weighted by atomic mass is 9.79. The molecule has 2 bridgehead atoms. The first-order valence-corrected chi connectivity index (χ1v) is 9.15. The van der Waals surface area contributed by atoms with E-state index in [4.69, 9.17) is 11.6 Å². The standard InChI is InChI=1S/C15H19ClFNO2S/c1-10-5-15(13(16)7-14(10)17)21(19,20)18-8-11-3-2-4-12(6-11)9-18/h5,7,11-12H,2-4,6,8-9H2,1H3/t11-,12+. The molecule has 0 radical (unpaired) electrons. The second-order valence-electron chi connectivity index (χ2n) is 6.25. The Morgan fingerprint density at radius 3 is 2.48 bits per heavy atom. The van der Waals surface area contributed by atoms with Crippen molar-refractivity contribution in [2.45, 2.75) is 37.5 Å². The van der Waals surface area contributed by atoms with E-state index in [1.165, 1.54) is 12.5 Å². The number of nitrogens with zero attached hydrogens (tertiary/aromatic N) is 1. The molecule has 3 rings (SSSR count). The molecule has 0 amide bonds. The number of halogens is 2. The predicted octanol–water partition coefficient (Wildman–Crippen LogP) is 3.60. The van der Waals surface area contributed by atoms with Crippen molar-refractivity contribution in [1.82, 2.24) is 4.31 Å². The summed E-state index contributed by atoms with van der Waals surface area (Å²) in [5.74, 6) is 0.426. The largest absolute Gasteiger partial charge is 0.244 e. The molecule has 1 heterocycles. The Labute approximate surface area is 130 Å². The summed E-state index contributed by atoms with van der Waals surface area (Å²) in [5.41, 5.74) is 0.301. The number of rotatable bonds is 2. The maximum absolute atomic E-state index is 13.5. The number of fused-ring (bicyclic) bond motifs is 2. The smallest absolute Gasteiger partial charge is 0.207 e. The molecule has 0 unspecified atom stereocenters. The van der Waals surface area contributed by atoms with Gasteiger partial charge in [-0.1, -0.05) is 18.0 Å². The lowest BCUT2D eigenvalue weighted by Gasteiger charge is -2.40. The molecule has 1 aromatic rings. The molecular weight excluding hydrogens is 313 g/mol. The zero-order valence-electron chi connectivity index (χ0n) is 12.0. The SMILES string of the molecule is Cc1cc(S(=O)(=O)N2C[C@@H]3CCC[C@@H](C3)C2)c(Cl)cc1F. The number of hydrogen-bond donors (Lipinski definition) is 0. The molecule has 0 aromatic heterocycles. The molecule has 3 nitrogen and oxygen atoms in total. The van der Waals surface area contributed by atoms with Crippen molar-refractivity contribution in [2.24, 2.45) is 11.8 Å². The van der Waals surface area contributed by atoms with E-state index in [9.17, 15) is 12.8 Å². The Bertz CT molecular complexity index is 650. The summed E-state index contributed by atoms with van der Waals surface area (Å²) in [6.45, 7) is 2.67. The van der Waals surface area contributed by atoms with Gasteiger partial charge in [-0.15, -0.1) is 0 Å². The maximum atomic E-state index is 13.5. The van der Waals surface area contributed by atoms with Gasteiger partial charge in [-0.3, -0.25) is 0 Å². The zero-order valence-corrected chi connectivity index (χ0v) is 13.6. The van der Waals surface area contributed by atoms with Gasteiger partial charge in [-0.2, -0.15) is 4.31 Å². The Kier molecular flexibility index (Phi) is 4.01. The summed E-state index contributed by atoms with van der Waals surface area (Å²) in [7, 11) is -3.64. The molecule has 0 N–H and O–H groups in total. The Morgan fingerprint density at radius 1 is 1.24 bits per heavy atom. The molecule has 21 heavy (non-hydrogen) atoms. The summed E-state index contributed by atoms with van der Waals surface area (Å²) < 4.78 is 40.7. The molecule has 1 aliphatic carbocycles. The average molecular weight is 332 g/mol.